The molecule has 4 heteroatoms. The third kappa shape index (κ3) is 4.10. The van der Waals surface area contributed by atoms with E-state index in [9.17, 15) is 4.79 Å². The Labute approximate surface area is 111 Å². The van der Waals surface area contributed by atoms with Crippen molar-refractivity contribution in [1.82, 2.24) is 4.98 Å². The molecule has 0 spiro atoms. The molecule has 0 radical (unpaired) electrons. The first-order valence-electron chi connectivity index (χ1n) is 6.12. The largest absolute Gasteiger partial charge is 0.493 e. The van der Waals surface area contributed by atoms with E-state index in [2.05, 4.69) is 17.1 Å². The van der Waals surface area contributed by atoms with Crippen molar-refractivity contribution in [2.75, 3.05) is 6.61 Å². The number of aryl methyl sites for hydroxylation is 1. The number of hydrogen-bond acceptors (Lipinski definition) is 3. The molecule has 0 saturated carbocycles. The van der Waals surface area contributed by atoms with E-state index >= 15 is 0 Å². The Balaban J connectivity index is 1.80. The molecule has 2 aromatic rings. The van der Waals surface area contributed by atoms with Crippen molar-refractivity contribution in [2.45, 2.75) is 12.8 Å². The minimum absolute atomic E-state index is 0.000518. The molecule has 1 N–H and O–H groups in total. The highest BCUT2D eigenvalue weighted by Crippen LogP contribution is 2.12. The van der Waals surface area contributed by atoms with Crippen LogP contribution in [0.2, 0.25) is 0 Å². The molecule has 1 aromatic carbocycles. The first-order valence-corrected chi connectivity index (χ1v) is 6.12. The number of hydrogen-bond donors (Lipinski definition) is 1. The predicted octanol–water partition coefficient (Wildman–Crippen LogP) is 2.79. The lowest BCUT2D eigenvalue weighted by molar-refractivity contribution is 0.0690. The van der Waals surface area contributed by atoms with E-state index < -0.39 is 5.97 Å². The van der Waals surface area contributed by atoms with Gasteiger partial charge in [0.2, 0.25) is 0 Å². The minimum atomic E-state index is -1.05. The molecule has 2 rings (SSSR count). The monoisotopic (exact) mass is 257 g/mol. The fourth-order valence-corrected chi connectivity index (χ4v) is 1.73. The Morgan fingerprint density at radius 1 is 1.21 bits per heavy atom. The summed E-state index contributed by atoms with van der Waals surface area (Å²) in [4.78, 5) is 14.5. The van der Waals surface area contributed by atoms with Gasteiger partial charge >= 0.3 is 5.97 Å². The van der Waals surface area contributed by atoms with Gasteiger partial charge in [0.25, 0.3) is 0 Å². The quantitative estimate of drug-likeness (QED) is 0.808. The van der Waals surface area contributed by atoms with Crippen molar-refractivity contribution < 1.29 is 14.6 Å². The zero-order chi connectivity index (χ0) is 13.5. The summed E-state index contributed by atoms with van der Waals surface area (Å²) >= 11 is 0. The second-order valence-electron chi connectivity index (χ2n) is 4.12. The maximum absolute atomic E-state index is 10.8. The Morgan fingerprint density at radius 3 is 2.74 bits per heavy atom. The van der Waals surface area contributed by atoms with Crippen LogP contribution in [-0.4, -0.2) is 22.7 Å². The Hall–Kier alpha value is -2.36. The van der Waals surface area contributed by atoms with Crippen molar-refractivity contribution in [3.8, 4) is 5.75 Å². The molecule has 1 aromatic heterocycles. The number of nitrogens with zero attached hydrogens (tertiary/aromatic N) is 1. The summed E-state index contributed by atoms with van der Waals surface area (Å²) in [5, 5.41) is 8.81. The Kier molecular flexibility index (Phi) is 4.50. The maximum atomic E-state index is 10.8. The van der Waals surface area contributed by atoms with Gasteiger partial charge in [0.15, 0.2) is 5.69 Å². The SMILES string of the molecule is O=C(O)c1cc(OCCCc2ccccc2)ccn1. The molecule has 4 nitrogen and oxygen atoms in total. The summed E-state index contributed by atoms with van der Waals surface area (Å²) in [5.41, 5.74) is 1.27. The highest BCUT2D eigenvalue weighted by molar-refractivity contribution is 5.85. The topological polar surface area (TPSA) is 59.4 Å². The predicted molar refractivity (Wildman–Crippen MR) is 71.5 cm³/mol. The van der Waals surface area contributed by atoms with Crippen molar-refractivity contribution >= 4 is 5.97 Å². The Bertz CT molecular complexity index is 540. The lowest BCUT2D eigenvalue weighted by atomic mass is 10.1. The third-order valence-electron chi connectivity index (χ3n) is 2.67. The van der Waals surface area contributed by atoms with E-state index in [0.29, 0.717) is 12.4 Å². The van der Waals surface area contributed by atoms with Crippen LogP contribution in [0.5, 0.6) is 5.75 Å². The van der Waals surface area contributed by atoms with E-state index in [1.165, 1.54) is 17.8 Å². The van der Waals surface area contributed by atoms with Crippen molar-refractivity contribution in [1.29, 1.82) is 0 Å². The van der Waals surface area contributed by atoms with Crippen molar-refractivity contribution in [3.63, 3.8) is 0 Å². The molecule has 1 heterocycles. The van der Waals surface area contributed by atoms with Crippen LogP contribution in [0, 0.1) is 0 Å². The summed E-state index contributed by atoms with van der Waals surface area (Å²) < 4.78 is 5.52. The lowest BCUT2D eigenvalue weighted by Gasteiger charge is -2.06. The van der Waals surface area contributed by atoms with Gasteiger partial charge in [-0.2, -0.15) is 0 Å². The smallest absolute Gasteiger partial charge is 0.354 e. The van der Waals surface area contributed by atoms with Gasteiger partial charge in [-0.25, -0.2) is 9.78 Å². The van der Waals surface area contributed by atoms with E-state index in [4.69, 9.17) is 9.84 Å². The van der Waals surface area contributed by atoms with Crippen LogP contribution < -0.4 is 4.74 Å². The normalized spacial score (nSPS) is 10.1. The van der Waals surface area contributed by atoms with Gasteiger partial charge in [0.1, 0.15) is 5.75 Å². The van der Waals surface area contributed by atoms with Crippen molar-refractivity contribution in [3.05, 3.63) is 59.9 Å². The van der Waals surface area contributed by atoms with Crippen molar-refractivity contribution in [2.24, 2.45) is 0 Å². The highest BCUT2D eigenvalue weighted by atomic mass is 16.5. The number of pyridine rings is 1. The lowest BCUT2D eigenvalue weighted by Crippen LogP contribution is -2.03. The number of carboxylic acids is 1. The van der Waals surface area contributed by atoms with E-state index in [1.54, 1.807) is 6.07 Å². The molecule has 0 bridgehead atoms. The van der Waals surface area contributed by atoms with Crippen LogP contribution in [0.4, 0.5) is 0 Å². The number of aromatic carboxylic acids is 1. The van der Waals surface area contributed by atoms with Gasteiger partial charge in [-0.15, -0.1) is 0 Å². The summed E-state index contributed by atoms with van der Waals surface area (Å²) in [6.07, 6.45) is 3.27. The third-order valence-corrected chi connectivity index (χ3v) is 2.67. The molecule has 0 aliphatic rings. The number of ether oxygens (including phenoxy) is 1. The van der Waals surface area contributed by atoms with E-state index in [1.807, 2.05) is 18.2 Å². The molecule has 0 aliphatic heterocycles. The van der Waals surface area contributed by atoms with Crippen LogP contribution in [0.1, 0.15) is 22.5 Å². The zero-order valence-corrected chi connectivity index (χ0v) is 10.5. The molecular formula is C15H15NO3. The summed E-state index contributed by atoms with van der Waals surface area (Å²) in [6.45, 7) is 0.554. The molecular weight excluding hydrogens is 242 g/mol. The van der Waals surface area contributed by atoms with Gasteiger partial charge in [-0.05, 0) is 24.5 Å². The highest BCUT2D eigenvalue weighted by Gasteiger charge is 2.05. The fraction of sp³-hybridized carbons (Fsp3) is 0.200. The van der Waals surface area contributed by atoms with Crippen LogP contribution in [0.3, 0.4) is 0 Å². The molecule has 0 amide bonds. The van der Waals surface area contributed by atoms with E-state index in [-0.39, 0.29) is 5.69 Å². The second kappa shape index (κ2) is 6.54. The van der Waals surface area contributed by atoms with Gasteiger partial charge in [-0.3, -0.25) is 0 Å². The van der Waals surface area contributed by atoms with Gasteiger partial charge < -0.3 is 9.84 Å². The van der Waals surface area contributed by atoms with Crippen LogP contribution in [0.25, 0.3) is 0 Å². The van der Waals surface area contributed by atoms with Gasteiger partial charge in [0, 0.05) is 12.3 Å². The summed E-state index contributed by atoms with van der Waals surface area (Å²) in [6, 6.07) is 13.3. The molecule has 0 aliphatic carbocycles. The summed E-state index contributed by atoms with van der Waals surface area (Å²) in [5.74, 6) is -0.504. The molecule has 19 heavy (non-hydrogen) atoms. The molecule has 0 saturated heterocycles. The van der Waals surface area contributed by atoms with Crippen LogP contribution >= 0.6 is 0 Å². The zero-order valence-electron chi connectivity index (χ0n) is 10.5. The van der Waals surface area contributed by atoms with Crippen LogP contribution in [-0.2, 0) is 6.42 Å². The average molecular weight is 257 g/mol. The number of carboxylic acid groups (broad SMARTS) is 1. The number of benzene rings is 1. The van der Waals surface area contributed by atoms with Crippen LogP contribution in [0.15, 0.2) is 48.7 Å². The molecule has 0 unspecified atom stereocenters. The number of carbonyl (C=O) groups is 1. The number of rotatable bonds is 6. The first-order chi connectivity index (χ1) is 9.25. The van der Waals surface area contributed by atoms with E-state index in [0.717, 1.165) is 12.8 Å². The summed E-state index contributed by atoms with van der Waals surface area (Å²) in [7, 11) is 0. The minimum Gasteiger partial charge on any atom is -0.493 e. The number of aromatic nitrogens is 1. The standard InChI is InChI=1S/C15H15NO3/c17-15(18)14-11-13(8-9-16-14)19-10-4-7-12-5-2-1-3-6-12/h1-3,5-6,8-9,11H,4,7,10H2,(H,17,18). The second-order valence-corrected chi connectivity index (χ2v) is 4.12. The van der Waals surface area contributed by atoms with Gasteiger partial charge in [-0.1, -0.05) is 30.3 Å². The molecule has 98 valence electrons. The Morgan fingerprint density at radius 2 is 2.00 bits per heavy atom. The fourth-order valence-electron chi connectivity index (χ4n) is 1.73. The molecule has 0 fully saturated rings. The first kappa shape index (κ1) is 13.1. The average Bonchev–Trinajstić information content (AvgIpc) is 2.45. The maximum Gasteiger partial charge on any atom is 0.354 e. The molecule has 0 atom stereocenters. The van der Waals surface area contributed by atoms with Gasteiger partial charge in [0.05, 0.1) is 6.61 Å².